The van der Waals surface area contributed by atoms with Gasteiger partial charge in [-0.05, 0) is 66.9 Å². The maximum Gasteiger partial charge on any atom is 0.323 e. The van der Waals surface area contributed by atoms with E-state index in [9.17, 15) is 9.90 Å². The predicted octanol–water partition coefficient (Wildman–Crippen LogP) is 4.55. The fraction of sp³-hybridized carbons (Fsp3) is 0.562. The highest BCUT2D eigenvalue weighted by molar-refractivity contribution is 9.10. The van der Waals surface area contributed by atoms with Gasteiger partial charge in [0.25, 0.3) is 0 Å². The third-order valence-corrected chi connectivity index (χ3v) is 5.53. The topological polar surface area (TPSA) is 49.3 Å². The van der Waals surface area contributed by atoms with Gasteiger partial charge in [0.05, 0.1) is 0 Å². The lowest BCUT2D eigenvalue weighted by Gasteiger charge is -2.31. The summed E-state index contributed by atoms with van der Waals surface area (Å²) in [6.07, 6.45) is 2.11. The van der Waals surface area contributed by atoms with Crippen molar-refractivity contribution in [2.24, 2.45) is 0 Å². The Morgan fingerprint density at radius 3 is 2.62 bits per heavy atom. The number of carbonyl (C=O) groups is 1. The summed E-state index contributed by atoms with van der Waals surface area (Å²) in [5, 5.41) is 12.8. The molecule has 1 aromatic rings. The van der Waals surface area contributed by atoms with Crippen LogP contribution in [0.25, 0.3) is 0 Å². The molecule has 1 unspecified atom stereocenters. The Kier molecular flexibility index (Phi) is 7.77. The molecule has 0 aliphatic rings. The fourth-order valence-corrected chi connectivity index (χ4v) is 3.86. The number of halogens is 1. The van der Waals surface area contributed by atoms with Gasteiger partial charge in [-0.25, -0.2) is 0 Å². The maximum absolute atomic E-state index is 11.6. The van der Waals surface area contributed by atoms with Crippen LogP contribution < -0.4 is 5.32 Å². The molecule has 0 aliphatic carbocycles. The summed E-state index contributed by atoms with van der Waals surface area (Å²) in [5.74, 6) is 0.168. The molecule has 0 spiro atoms. The van der Waals surface area contributed by atoms with Gasteiger partial charge in [-0.1, -0.05) is 19.1 Å². The summed E-state index contributed by atoms with van der Waals surface area (Å²) in [5.41, 5.74) is -0.803. The molecule has 0 fully saturated rings. The Labute approximate surface area is 140 Å². The monoisotopic (exact) mass is 373 g/mol. The lowest BCUT2D eigenvalue weighted by Crippen LogP contribution is -2.54. The van der Waals surface area contributed by atoms with Gasteiger partial charge in [0.1, 0.15) is 5.54 Å². The van der Waals surface area contributed by atoms with Gasteiger partial charge in [0.2, 0.25) is 0 Å². The smallest absolute Gasteiger partial charge is 0.323 e. The summed E-state index contributed by atoms with van der Waals surface area (Å²) >= 11 is 5.29. The molecule has 3 nitrogen and oxygen atoms in total. The van der Waals surface area contributed by atoms with E-state index in [0.29, 0.717) is 12.8 Å². The molecule has 0 amide bonds. The molecule has 1 atom stereocenters. The van der Waals surface area contributed by atoms with E-state index in [1.807, 2.05) is 39.0 Å². The number of benzene rings is 1. The molecule has 0 aromatic heterocycles. The van der Waals surface area contributed by atoms with Gasteiger partial charge in [-0.2, -0.15) is 0 Å². The second-order valence-corrected chi connectivity index (χ2v) is 7.41. The highest BCUT2D eigenvalue weighted by Gasteiger charge is 2.36. The Hall–Kier alpha value is -0.520. The van der Waals surface area contributed by atoms with Crippen molar-refractivity contribution in [3.8, 4) is 0 Å². The van der Waals surface area contributed by atoms with Crippen molar-refractivity contribution in [2.45, 2.75) is 56.5 Å². The minimum Gasteiger partial charge on any atom is -0.480 e. The second kappa shape index (κ2) is 8.81. The SMILES string of the molecule is CCC(CCCSc1ccccc1Br)(NC(C)C)C(=O)O. The summed E-state index contributed by atoms with van der Waals surface area (Å²) in [6, 6.07) is 8.27. The molecule has 0 heterocycles. The average Bonchev–Trinajstić information content (AvgIpc) is 2.43. The zero-order valence-corrected chi connectivity index (χ0v) is 15.3. The van der Waals surface area contributed by atoms with Crippen molar-refractivity contribution in [1.82, 2.24) is 5.32 Å². The maximum atomic E-state index is 11.6. The van der Waals surface area contributed by atoms with Gasteiger partial charge < -0.3 is 5.11 Å². The molecule has 118 valence electrons. The van der Waals surface area contributed by atoms with E-state index in [-0.39, 0.29) is 6.04 Å². The standard InChI is InChI=1S/C16H24BrNO2S/c1-4-16(15(19)20,18-12(2)3)10-7-11-21-14-9-6-5-8-13(14)17/h5-6,8-9,12,18H,4,7,10-11H2,1-3H3,(H,19,20). The number of nitrogens with one attached hydrogen (secondary N) is 1. The number of carboxylic acid groups (broad SMARTS) is 1. The molecular weight excluding hydrogens is 350 g/mol. The molecule has 0 saturated carbocycles. The average molecular weight is 374 g/mol. The first-order chi connectivity index (χ1) is 9.91. The number of carboxylic acids is 1. The van der Waals surface area contributed by atoms with E-state index in [1.54, 1.807) is 11.8 Å². The van der Waals surface area contributed by atoms with Crippen LogP contribution in [0.3, 0.4) is 0 Å². The van der Waals surface area contributed by atoms with Crippen LogP contribution in [0.4, 0.5) is 0 Å². The zero-order chi connectivity index (χ0) is 15.9. The summed E-state index contributed by atoms with van der Waals surface area (Å²) < 4.78 is 1.09. The van der Waals surface area contributed by atoms with Crippen molar-refractivity contribution in [1.29, 1.82) is 0 Å². The molecule has 21 heavy (non-hydrogen) atoms. The van der Waals surface area contributed by atoms with Crippen LogP contribution in [0.2, 0.25) is 0 Å². The molecule has 0 saturated heterocycles. The molecule has 0 aliphatic heterocycles. The van der Waals surface area contributed by atoms with E-state index in [1.165, 1.54) is 4.90 Å². The van der Waals surface area contributed by atoms with Crippen molar-refractivity contribution in [3.63, 3.8) is 0 Å². The number of aliphatic carboxylic acids is 1. The van der Waals surface area contributed by atoms with Crippen molar-refractivity contribution < 1.29 is 9.90 Å². The lowest BCUT2D eigenvalue weighted by molar-refractivity contribution is -0.145. The van der Waals surface area contributed by atoms with Crippen LogP contribution in [-0.4, -0.2) is 28.4 Å². The number of hydrogen-bond donors (Lipinski definition) is 2. The third-order valence-electron chi connectivity index (χ3n) is 3.42. The van der Waals surface area contributed by atoms with Crippen LogP contribution in [0, 0.1) is 0 Å². The predicted molar refractivity (Wildman–Crippen MR) is 93.0 cm³/mol. The molecule has 1 aromatic carbocycles. The van der Waals surface area contributed by atoms with Gasteiger partial charge in [0, 0.05) is 15.4 Å². The van der Waals surface area contributed by atoms with Crippen LogP contribution in [0.5, 0.6) is 0 Å². The van der Waals surface area contributed by atoms with Crippen molar-refractivity contribution in [3.05, 3.63) is 28.7 Å². The third kappa shape index (κ3) is 5.64. The summed E-state index contributed by atoms with van der Waals surface area (Å²) in [4.78, 5) is 12.8. The van der Waals surface area contributed by atoms with Crippen molar-refractivity contribution >= 4 is 33.7 Å². The molecule has 0 radical (unpaired) electrons. The minimum atomic E-state index is -0.803. The fourth-order valence-electron chi connectivity index (χ4n) is 2.34. The molecular formula is C16H24BrNO2S. The number of rotatable bonds is 9. The molecule has 1 rings (SSSR count). The van der Waals surface area contributed by atoms with Crippen LogP contribution in [-0.2, 0) is 4.79 Å². The van der Waals surface area contributed by atoms with E-state index in [2.05, 4.69) is 27.3 Å². The van der Waals surface area contributed by atoms with E-state index in [4.69, 9.17) is 0 Å². The molecule has 2 N–H and O–H groups in total. The van der Waals surface area contributed by atoms with E-state index in [0.717, 1.165) is 16.6 Å². The highest BCUT2D eigenvalue weighted by Crippen LogP contribution is 2.29. The Bertz CT molecular complexity index is 467. The summed E-state index contributed by atoms with van der Waals surface area (Å²) in [6.45, 7) is 5.91. The quantitative estimate of drug-likeness (QED) is 0.492. The first-order valence-electron chi connectivity index (χ1n) is 7.29. The van der Waals surface area contributed by atoms with Gasteiger partial charge in [0.15, 0.2) is 0 Å². The van der Waals surface area contributed by atoms with Gasteiger partial charge in [-0.15, -0.1) is 11.8 Å². The van der Waals surface area contributed by atoms with Gasteiger partial charge in [-0.3, -0.25) is 10.1 Å². The van der Waals surface area contributed by atoms with E-state index < -0.39 is 11.5 Å². The highest BCUT2D eigenvalue weighted by atomic mass is 79.9. The summed E-state index contributed by atoms with van der Waals surface area (Å²) in [7, 11) is 0. The number of hydrogen-bond acceptors (Lipinski definition) is 3. The molecule has 0 bridgehead atoms. The zero-order valence-electron chi connectivity index (χ0n) is 12.9. The number of thioether (sulfide) groups is 1. The first kappa shape index (κ1) is 18.5. The lowest BCUT2D eigenvalue weighted by atomic mass is 9.90. The van der Waals surface area contributed by atoms with Crippen LogP contribution in [0.15, 0.2) is 33.6 Å². The van der Waals surface area contributed by atoms with Crippen LogP contribution >= 0.6 is 27.7 Å². The Morgan fingerprint density at radius 1 is 1.43 bits per heavy atom. The minimum absolute atomic E-state index is 0.164. The Balaban J connectivity index is 2.54. The van der Waals surface area contributed by atoms with Gasteiger partial charge >= 0.3 is 5.97 Å². The second-order valence-electron chi connectivity index (χ2n) is 5.42. The van der Waals surface area contributed by atoms with Crippen molar-refractivity contribution in [2.75, 3.05) is 5.75 Å². The normalized spacial score (nSPS) is 14.1. The van der Waals surface area contributed by atoms with E-state index >= 15 is 0 Å². The van der Waals surface area contributed by atoms with Crippen LogP contribution in [0.1, 0.15) is 40.0 Å². The Morgan fingerprint density at radius 2 is 2.10 bits per heavy atom. The largest absolute Gasteiger partial charge is 0.480 e. The molecule has 5 heteroatoms. The first-order valence-corrected chi connectivity index (χ1v) is 9.07.